The summed E-state index contributed by atoms with van der Waals surface area (Å²) < 4.78 is 28.8. The van der Waals surface area contributed by atoms with E-state index in [1.807, 2.05) is 6.07 Å². The van der Waals surface area contributed by atoms with Crippen LogP contribution in [0.2, 0.25) is 0 Å². The molecule has 2 nitrogen and oxygen atoms in total. The van der Waals surface area contributed by atoms with E-state index in [0.29, 0.717) is 6.04 Å². The summed E-state index contributed by atoms with van der Waals surface area (Å²) in [6.45, 7) is 1.56. The molecule has 3 atom stereocenters. The van der Waals surface area contributed by atoms with Crippen LogP contribution in [0.1, 0.15) is 44.7 Å². The predicted molar refractivity (Wildman–Crippen MR) is 71.4 cm³/mol. The summed E-state index contributed by atoms with van der Waals surface area (Å²) >= 11 is 0. The van der Waals surface area contributed by atoms with Crippen molar-refractivity contribution in [3.05, 3.63) is 29.8 Å². The second-order valence-corrected chi connectivity index (χ2v) is 5.45. The molecular formula is C15H21F2NO. The van der Waals surface area contributed by atoms with Crippen molar-refractivity contribution in [3.8, 4) is 5.75 Å². The molecule has 0 aromatic heterocycles. The van der Waals surface area contributed by atoms with E-state index in [0.717, 1.165) is 11.5 Å². The van der Waals surface area contributed by atoms with Crippen molar-refractivity contribution in [1.82, 2.24) is 5.32 Å². The SMILES string of the molecule is CC1CCC(NC(C)c2cccc(OC(F)F)c2)C1. The molecule has 0 radical (unpaired) electrons. The van der Waals surface area contributed by atoms with E-state index in [1.54, 1.807) is 18.2 Å². The fraction of sp³-hybridized carbons (Fsp3) is 0.600. The molecule has 1 aliphatic rings. The minimum absolute atomic E-state index is 0.150. The number of ether oxygens (including phenoxy) is 1. The topological polar surface area (TPSA) is 21.3 Å². The first-order valence-corrected chi connectivity index (χ1v) is 6.85. The van der Waals surface area contributed by atoms with Gasteiger partial charge in [0, 0.05) is 12.1 Å². The van der Waals surface area contributed by atoms with Crippen molar-refractivity contribution >= 4 is 0 Å². The van der Waals surface area contributed by atoms with E-state index >= 15 is 0 Å². The van der Waals surface area contributed by atoms with Gasteiger partial charge in [0.25, 0.3) is 0 Å². The molecule has 1 aromatic carbocycles. The molecule has 0 spiro atoms. The normalized spacial score (nSPS) is 24.7. The highest BCUT2D eigenvalue weighted by molar-refractivity contribution is 5.30. The third kappa shape index (κ3) is 4.16. The largest absolute Gasteiger partial charge is 0.435 e. The third-order valence-corrected chi connectivity index (χ3v) is 3.76. The van der Waals surface area contributed by atoms with Gasteiger partial charge in [-0.1, -0.05) is 19.1 Å². The van der Waals surface area contributed by atoms with E-state index in [4.69, 9.17) is 0 Å². The van der Waals surface area contributed by atoms with Crippen LogP contribution in [-0.4, -0.2) is 12.7 Å². The Bertz CT molecular complexity index is 411. The number of hydrogen-bond donors (Lipinski definition) is 1. The summed E-state index contributed by atoms with van der Waals surface area (Å²) in [5, 5.41) is 3.56. The highest BCUT2D eigenvalue weighted by atomic mass is 19.3. The number of nitrogens with one attached hydrogen (secondary N) is 1. The molecule has 1 aliphatic carbocycles. The van der Waals surface area contributed by atoms with Gasteiger partial charge in [-0.2, -0.15) is 8.78 Å². The maximum absolute atomic E-state index is 12.2. The molecule has 1 fully saturated rings. The summed E-state index contributed by atoms with van der Waals surface area (Å²) in [4.78, 5) is 0. The van der Waals surface area contributed by atoms with Gasteiger partial charge in [-0.05, 0) is 49.8 Å². The van der Waals surface area contributed by atoms with Crippen molar-refractivity contribution in [1.29, 1.82) is 0 Å². The van der Waals surface area contributed by atoms with Crippen molar-refractivity contribution in [3.63, 3.8) is 0 Å². The number of rotatable bonds is 5. The monoisotopic (exact) mass is 269 g/mol. The van der Waals surface area contributed by atoms with Crippen LogP contribution in [0.5, 0.6) is 5.75 Å². The van der Waals surface area contributed by atoms with E-state index < -0.39 is 6.61 Å². The zero-order valence-corrected chi connectivity index (χ0v) is 11.4. The zero-order chi connectivity index (χ0) is 13.8. The van der Waals surface area contributed by atoms with Crippen molar-refractivity contribution in [2.75, 3.05) is 0 Å². The van der Waals surface area contributed by atoms with Crippen LogP contribution in [0.25, 0.3) is 0 Å². The van der Waals surface area contributed by atoms with E-state index in [2.05, 4.69) is 23.9 Å². The smallest absolute Gasteiger partial charge is 0.387 e. The molecule has 4 heteroatoms. The van der Waals surface area contributed by atoms with Crippen LogP contribution < -0.4 is 10.1 Å². The second-order valence-electron chi connectivity index (χ2n) is 5.45. The van der Waals surface area contributed by atoms with Gasteiger partial charge in [-0.25, -0.2) is 0 Å². The van der Waals surface area contributed by atoms with Crippen molar-refractivity contribution in [2.45, 2.75) is 51.8 Å². The molecule has 1 N–H and O–H groups in total. The van der Waals surface area contributed by atoms with Crippen molar-refractivity contribution in [2.24, 2.45) is 5.92 Å². The molecular weight excluding hydrogens is 248 g/mol. The molecule has 0 saturated heterocycles. The molecule has 1 saturated carbocycles. The second kappa shape index (κ2) is 6.33. The lowest BCUT2D eigenvalue weighted by atomic mass is 10.1. The van der Waals surface area contributed by atoms with Crippen LogP contribution in [0.3, 0.4) is 0 Å². The van der Waals surface area contributed by atoms with Crippen LogP contribution in [0.4, 0.5) is 8.78 Å². The summed E-state index contributed by atoms with van der Waals surface area (Å²) in [7, 11) is 0. The first kappa shape index (κ1) is 14.3. The van der Waals surface area contributed by atoms with Crippen LogP contribution in [-0.2, 0) is 0 Å². The number of benzene rings is 1. The first-order chi connectivity index (χ1) is 9.04. The highest BCUT2D eigenvalue weighted by Crippen LogP contribution is 2.27. The van der Waals surface area contributed by atoms with Crippen molar-refractivity contribution < 1.29 is 13.5 Å². The predicted octanol–water partition coefficient (Wildman–Crippen LogP) is 4.13. The molecule has 1 aromatic rings. The Morgan fingerprint density at radius 3 is 2.74 bits per heavy atom. The Morgan fingerprint density at radius 2 is 2.11 bits per heavy atom. The molecule has 19 heavy (non-hydrogen) atoms. The Morgan fingerprint density at radius 1 is 1.32 bits per heavy atom. The summed E-state index contributed by atoms with van der Waals surface area (Å²) in [5.74, 6) is 0.999. The Hall–Kier alpha value is -1.16. The Balaban J connectivity index is 1.96. The van der Waals surface area contributed by atoms with Gasteiger partial charge >= 0.3 is 6.61 Å². The van der Waals surface area contributed by atoms with Crippen LogP contribution in [0.15, 0.2) is 24.3 Å². The Kier molecular flexibility index (Phi) is 4.75. The van der Waals surface area contributed by atoms with Gasteiger partial charge in [-0.3, -0.25) is 0 Å². The van der Waals surface area contributed by atoms with E-state index in [1.165, 1.54) is 19.3 Å². The fourth-order valence-electron chi connectivity index (χ4n) is 2.77. The summed E-state index contributed by atoms with van der Waals surface area (Å²) in [6.07, 6.45) is 3.65. The standard InChI is InChI=1S/C15H21F2NO/c1-10-6-7-13(8-10)18-11(2)12-4-3-5-14(9-12)19-15(16)17/h3-5,9-11,13,15,18H,6-8H2,1-2H3. The Labute approximate surface area is 113 Å². The molecule has 0 amide bonds. The minimum Gasteiger partial charge on any atom is -0.435 e. The van der Waals surface area contributed by atoms with Gasteiger partial charge in [0.1, 0.15) is 5.75 Å². The van der Waals surface area contributed by atoms with Gasteiger partial charge < -0.3 is 10.1 Å². The molecule has 3 unspecified atom stereocenters. The van der Waals surface area contributed by atoms with E-state index in [9.17, 15) is 8.78 Å². The zero-order valence-electron chi connectivity index (χ0n) is 11.4. The maximum Gasteiger partial charge on any atom is 0.387 e. The average Bonchev–Trinajstić information content (AvgIpc) is 2.74. The van der Waals surface area contributed by atoms with Crippen LogP contribution >= 0.6 is 0 Å². The summed E-state index contributed by atoms with van der Waals surface area (Å²) in [6, 6.07) is 7.61. The number of hydrogen-bond acceptors (Lipinski definition) is 2. The maximum atomic E-state index is 12.2. The van der Waals surface area contributed by atoms with Gasteiger partial charge in [0.15, 0.2) is 0 Å². The highest BCUT2D eigenvalue weighted by Gasteiger charge is 2.22. The summed E-state index contributed by atoms with van der Waals surface area (Å²) in [5.41, 5.74) is 0.984. The number of halogens is 2. The first-order valence-electron chi connectivity index (χ1n) is 6.85. The van der Waals surface area contributed by atoms with Crippen LogP contribution in [0, 0.1) is 5.92 Å². The third-order valence-electron chi connectivity index (χ3n) is 3.76. The number of alkyl halides is 2. The lowest BCUT2D eigenvalue weighted by Gasteiger charge is -2.20. The van der Waals surface area contributed by atoms with Gasteiger partial charge in [-0.15, -0.1) is 0 Å². The van der Waals surface area contributed by atoms with Gasteiger partial charge in [0.2, 0.25) is 0 Å². The average molecular weight is 269 g/mol. The molecule has 2 rings (SSSR count). The molecule has 0 aliphatic heterocycles. The molecule has 0 heterocycles. The lowest BCUT2D eigenvalue weighted by Crippen LogP contribution is -2.29. The quantitative estimate of drug-likeness (QED) is 0.868. The van der Waals surface area contributed by atoms with Gasteiger partial charge in [0.05, 0.1) is 0 Å². The molecule has 106 valence electrons. The fourth-order valence-corrected chi connectivity index (χ4v) is 2.77. The molecule has 0 bridgehead atoms. The van der Waals surface area contributed by atoms with E-state index in [-0.39, 0.29) is 11.8 Å². The lowest BCUT2D eigenvalue weighted by molar-refractivity contribution is -0.0499. The minimum atomic E-state index is -2.77.